The van der Waals surface area contributed by atoms with E-state index in [1.54, 1.807) is 23.8 Å². The SMILES string of the molecule is O=C(COC(=O)Cc1csc(-c2cccnc2)n1)NCc1ccccc1Cl. The Morgan fingerprint density at radius 2 is 2.04 bits per heavy atom. The largest absolute Gasteiger partial charge is 0.455 e. The van der Waals surface area contributed by atoms with Gasteiger partial charge in [-0.25, -0.2) is 4.98 Å². The predicted molar refractivity (Wildman–Crippen MR) is 103 cm³/mol. The van der Waals surface area contributed by atoms with Crippen LogP contribution in [0.25, 0.3) is 10.6 Å². The van der Waals surface area contributed by atoms with Crippen LogP contribution in [-0.4, -0.2) is 28.5 Å². The van der Waals surface area contributed by atoms with E-state index >= 15 is 0 Å². The second-order valence-electron chi connectivity index (χ2n) is 5.59. The molecule has 1 amide bonds. The van der Waals surface area contributed by atoms with Gasteiger partial charge in [-0.3, -0.25) is 14.6 Å². The summed E-state index contributed by atoms with van der Waals surface area (Å²) in [6, 6.07) is 10.9. The third kappa shape index (κ3) is 5.60. The molecule has 0 saturated heterocycles. The van der Waals surface area contributed by atoms with Gasteiger partial charge in [0, 0.05) is 34.9 Å². The van der Waals surface area contributed by atoms with Crippen molar-refractivity contribution in [3.05, 3.63) is 70.5 Å². The lowest BCUT2D eigenvalue weighted by Gasteiger charge is -2.07. The van der Waals surface area contributed by atoms with Crippen molar-refractivity contribution >= 4 is 34.8 Å². The maximum absolute atomic E-state index is 11.9. The van der Waals surface area contributed by atoms with Crippen molar-refractivity contribution in [3.63, 3.8) is 0 Å². The summed E-state index contributed by atoms with van der Waals surface area (Å²) >= 11 is 7.45. The number of benzene rings is 1. The molecule has 8 heteroatoms. The number of nitrogens with one attached hydrogen (secondary N) is 1. The molecule has 2 heterocycles. The lowest BCUT2D eigenvalue weighted by Crippen LogP contribution is -2.28. The molecule has 0 unspecified atom stereocenters. The summed E-state index contributed by atoms with van der Waals surface area (Å²) in [7, 11) is 0. The number of hydrogen-bond donors (Lipinski definition) is 1. The molecule has 6 nitrogen and oxygen atoms in total. The Morgan fingerprint density at radius 3 is 2.81 bits per heavy atom. The number of carbonyl (C=O) groups excluding carboxylic acids is 2. The predicted octanol–water partition coefficient (Wildman–Crippen LogP) is 3.26. The summed E-state index contributed by atoms with van der Waals surface area (Å²) in [5, 5.41) is 5.81. The summed E-state index contributed by atoms with van der Waals surface area (Å²) < 4.78 is 5.01. The summed E-state index contributed by atoms with van der Waals surface area (Å²) in [6.45, 7) is -0.0699. The van der Waals surface area contributed by atoms with Crippen LogP contribution in [0.4, 0.5) is 0 Å². The molecule has 0 aliphatic rings. The zero-order chi connectivity index (χ0) is 19.1. The average molecular weight is 402 g/mol. The van der Waals surface area contributed by atoms with Crippen LogP contribution in [0.2, 0.25) is 5.02 Å². The minimum atomic E-state index is -0.508. The molecular formula is C19H16ClN3O3S. The highest BCUT2D eigenvalue weighted by atomic mass is 35.5. The molecule has 3 rings (SSSR count). The zero-order valence-electron chi connectivity index (χ0n) is 14.2. The number of amides is 1. The molecule has 3 aromatic rings. The first-order valence-corrected chi connectivity index (χ1v) is 9.38. The molecule has 0 saturated carbocycles. The first-order chi connectivity index (χ1) is 13.1. The van der Waals surface area contributed by atoms with Gasteiger partial charge in [0.05, 0.1) is 12.1 Å². The minimum Gasteiger partial charge on any atom is -0.455 e. The Labute approximate surface area is 165 Å². The lowest BCUT2D eigenvalue weighted by molar-refractivity contribution is -0.147. The molecule has 1 aromatic carbocycles. The fraction of sp³-hybridized carbons (Fsp3) is 0.158. The summed E-state index contributed by atoms with van der Waals surface area (Å²) in [4.78, 5) is 32.2. The van der Waals surface area contributed by atoms with Crippen molar-refractivity contribution in [2.24, 2.45) is 0 Å². The number of esters is 1. The number of ether oxygens (including phenoxy) is 1. The lowest BCUT2D eigenvalue weighted by atomic mass is 10.2. The van der Waals surface area contributed by atoms with E-state index in [9.17, 15) is 9.59 Å². The van der Waals surface area contributed by atoms with Gasteiger partial charge in [-0.2, -0.15) is 0 Å². The van der Waals surface area contributed by atoms with Crippen molar-refractivity contribution in [2.75, 3.05) is 6.61 Å². The molecule has 1 N–H and O–H groups in total. The molecule has 0 radical (unpaired) electrons. The number of pyridine rings is 1. The van der Waals surface area contributed by atoms with Gasteiger partial charge < -0.3 is 10.1 Å². The smallest absolute Gasteiger partial charge is 0.312 e. The topological polar surface area (TPSA) is 81.2 Å². The van der Waals surface area contributed by atoms with Crippen LogP contribution in [0.15, 0.2) is 54.2 Å². The van der Waals surface area contributed by atoms with Gasteiger partial charge >= 0.3 is 5.97 Å². The third-order valence-corrected chi connectivity index (χ3v) is 4.89. The number of rotatable bonds is 7. The molecule has 27 heavy (non-hydrogen) atoms. The number of halogens is 1. The van der Waals surface area contributed by atoms with E-state index in [0.717, 1.165) is 16.1 Å². The number of thiazole rings is 1. The van der Waals surface area contributed by atoms with Crippen LogP contribution < -0.4 is 5.32 Å². The zero-order valence-corrected chi connectivity index (χ0v) is 15.8. The van der Waals surface area contributed by atoms with E-state index in [0.29, 0.717) is 10.7 Å². The number of aromatic nitrogens is 2. The number of hydrogen-bond acceptors (Lipinski definition) is 6. The standard InChI is InChI=1S/C19H16ClN3O3S/c20-16-6-2-1-4-13(16)10-22-17(24)11-26-18(25)8-15-12-27-19(23-15)14-5-3-7-21-9-14/h1-7,9,12H,8,10-11H2,(H,22,24). The highest BCUT2D eigenvalue weighted by Gasteiger charge is 2.12. The molecule has 138 valence electrons. The summed E-state index contributed by atoms with van der Waals surface area (Å²) in [5.74, 6) is -0.900. The van der Waals surface area contributed by atoms with Gasteiger partial charge in [-0.15, -0.1) is 11.3 Å². The second-order valence-corrected chi connectivity index (χ2v) is 6.86. The highest BCUT2D eigenvalue weighted by Crippen LogP contribution is 2.22. The van der Waals surface area contributed by atoms with Crippen LogP contribution in [0.1, 0.15) is 11.3 Å². The van der Waals surface area contributed by atoms with Crippen molar-refractivity contribution in [1.29, 1.82) is 0 Å². The van der Waals surface area contributed by atoms with E-state index < -0.39 is 11.9 Å². The molecule has 0 bridgehead atoms. The minimum absolute atomic E-state index is 0.00849. The van der Waals surface area contributed by atoms with Crippen molar-refractivity contribution in [3.8, 4) is 10.6 Å². The summed E-state index contributed by atoms with van der Waals surface area (Å²) in [6.07, 6.45) is 3.41. The second kappa shape index (κ2) is 9.25. The van der Waals surface area contributed by atoms with Gasteiger partial charge in [0.25, 0.3) is 5.91 Å². The highest BCUT2D eigenvalue weighted by molar-refractivity contribution is 7.13. The molecule has 0 atom stereocenters. The molecule has 0 aliphatic carbocycles. The number of nitrogens with zero attached hydrogens (tertiary/aromatic N) is 2. The first-order valence-electron chi connectivity index (χ1n) is 8.12. The Balaban J connectivity index is 1.44. The van der Waals surface area contributed by atoms with E-state index in [1.807, 2.05) is 30.3 Å². The Bertz CT molecular complexity index is 931. The van der Waals surface area contributed by atoms with Gasteiger partial charge in [-0.05, 0) is 23.8 Å². The maximum Gasteiger partial charge on any atom is 0.312 e. The Hall–Kier alpha value is -2.77. The molecular weight excluding hydrogens is 386 g/mol. The van der Waals surface area contributed by atoms with Crippen molar-refractivity contribution < 1.29 is 14.3 Å². The van der Waals surface area contributed by atoms with E-state index in [2.05, 4.69) is 15.3 Å². The fourth-order valence-electron chi connectivity index (χ4n) is 2.24. The molecule has 0 spiro atoms. The summed E-state index contributed by atoms with van der Waals surface area (Å²) in [5.41, 5.74) is 2.28. The van der Waals surface area contributed by atoms with Crippen LogP contribution in [0, 0.1) is 0 Å². The van der Waals surface area contributed by atoms with E-state index in [1.165, 1.54) is 11.3 Å². The number of carbonyl (C=O) groups is 2. The Kier molecular flexibility index (Phi) is 6.51. The average Bonchev–Trinajstić information content (AvgIpc) is 3.15. The van der Waals surface area contributed by atoms with Crippen LogP contribution in [-0.2, 0) is 27.3 Å². The third-order valence-electron chi connectivity index (χ3n) is 3.58. The van der Waals surface area contributed by atoms with E-state index in [-0.39, 0.29) is 19.6 Å². The van der Waals surface area contributed by atoms with Crippen molar-refractivity contribution in [2.45, 2.75) is 13.0 Å². The maximum atomic E-state index is 11.9. The van der Waals surface area contributed by atoms with Crippen LogP contribution in [0.5, 0.6) is 0 Å². The molecule has 2 aromatic heterocycles. The first kappa shape index (κ1) is 19.0. The fourth-order valence-corrected chi connectivity index (χ4v) is 3.25. The van der Waals surface area contributed by atoms with Gasteiger partial charge in [0.15, 0.2) is 6.61 Å². The normalized spacial score (nSPS) is 10.4. The quantitative estimate of drug-likeness (QED) is 0.614. The Morgan fingerprint density at radius 1 is 1.19 bits per heavy atom. The van der Waals surface area contributed by atoms with Crippen LogP contribution >= 0.6 is 22.9 Å². The molecule has 0 fully saturated rings. The molecule has 0 aliphatic heterocycles. The van der Waals surface area contributed by atoms with Gasteiger partial charge in [-0.1, -0.05) is 29.8 Å². The monoisotopic (exact) mass is 401 g/mol. The van der Waals surface area contributed by atoms with E-state index in [4.69, 9.17) is 16.3 Å². The van der Waals surface area contributed by atoms with Crippen LogP contribution in [0.3, 0.4) is 0 Å². The van der Waals surface area contributed by atoms with Crippen molar-refractivity contribution in [1.82, 2.24) is 15.3 Å². The van der Waals surface area contributed by atoms with Gasteiger partial charge in [0.2, 0.25) is 0 Å². The van der Waals surface area contributed by atoms with Gasteiger partial charge in [0.1, 0.15) is 5.01 Å².